The highest BCUT2D eigenvalue weighted by Crippen LogP contribution is 2.39. The number of hydrogen-bond acceptors (Lipinski definition) is 5. The molecule has 2 saturated carbocycles. The Morgan fingerprint density at radius 2 is 1.83 bits per heavy atom. The van der Waals surface area contributed by atoms with Crippen LogP contribution in [-0.4, -0.2) is 33.6 Å². The zero-order valence-electron chi connectivity index (χ0n) is 20.2. The second-order valence-corrected chi connectivity index (χ2v) is 10.0. The van der Waals surface area contributed by atoms with Crippen LogP contribution in [0.1, 0.15) is 61.7 Å². The maximum Gasteiger partial charge on any atom is 0.267 e. The fourth-order valence-corrected chi connectivity index (χ4v) is 5.43. The summed E-state index contributed by atoms with van der Waals surface area (Å²) < 4.78 is 5.77. The number of pyridine rings is 1. The molecule has 8 heteroatoms. The Labute approximate surface area is 208 Å². The molecule has 0 saturated heterocycles. The van der Waals surface area contributed by atoms with E-state index in [1.54, 1.807) is 6.33 Å². The molecular formula is C28H27N7O. The van der Waals surface area contributed by atoms with Gasteiger partial charge in [0.2, 0.25) is 0 Å². The summed E-state index contributed by atoms with van der Waals surface area (Å²) in [4.78, 5) is 32.3. The normalized spacial score (nSPS) is 16.2. The van der Waals surface area contributed by atoms with E-state index in [-0.39, 0.29) is 5.56 Å². The van der Waals surface area contributed by atoms with E-state index in [1.165, 1.54) is 30.3 Å². The summed E-state index contributed by atoms with van der Waals surface area (Å²) in [5, 5.41) is 0.555. The molecule has 180 valence electrons. The van der Waals surface area contributed by atoms with Crippen LogP contribution in [-0.2, 0) is 0 Å². The topological polar surface area (TPSA) is 83.4 Å². The molecular weight excluding hydrogens is 450 g/mol. The van der Waals surface area contributed by atoms with Crippen molar-refractivity contribution in [2.45, 2.75) is 57.4 Å². The Morgan fingerprint density at radius 1 is 0.972 bits per heavy atom. The van der Waals surface area contributed by atoms with Gasteiger partial charge in [-0.3, -0.25) is 9.36 Å². The van der Waals surface area contributed by atoms with Crippen molar-refractivity contribution in [2.24, 2.45) is 0 Å². The summed E-state index contributed by atoms with van der Waals surface area (Å²) in [6.45, 7) is 2.04. The molecule has 7 rings (SSSR count). The van der Waals surface area contributed by atoms with Crippen molar-refractivity contribution < 1.29 is 0 Å². The van der Waals surface area contributed by atoms with Crippen LogP contribution in [0, 0.1) is 6.92 Å². The molecule has 0 unspecified atom stereocenters. The van der Waals surface area contributed by atoms with Gasteiger partial charge in [0.15, 0.2) is 5.82 Å². The average Bonchev–Trinajstić information content (AvgIpc) is 3.30. The highest BCUT2D eigenvalue weighted by Gasteiger charge is 2.26. The van der Waals surface area contributed by atoms with Gasteiger partial charge in [-0.2, -0.15) is 0 Å². The molecule has 1 aromatic carbocycles. The first-order valence-electron chi connectivity index (χ1n) is 12.7. The molecule has 2 aliphatic rings. The van der Waals surface area contributed by atoms with E-state index in [4.69, 9.17) is 4.98 Å². The second-order valence-electron chi connectivity index (χ2n) is 10.0. The Balaban J connectivity index is 1.30. The van der Waals surface area contributed by atoms with Crippen LogP contribution in [0.3, 0.4) is 0 Å². The number of aromatic nitrogens is 7. The maximum atomic E-state index is 13.7. The van der Waals surface area contributed by atoms with Crippen molar-refractivity contribution in [1.82, 2.24) is 33.6 Å². The molecule has 0 bridgehead atoms. The highest BCUT2D eigenvalue weighted by molar-refractivity contribution is 5.81. The molecule has 0 amide bonds. The Morgan fingerprint density at radius 3 is 2.67 bits per heavy atom. The minimum atomic E-state index is -0.146. The quantitative estimate of drug-likeness (QED) is 0.350. The van der Waals surface area contributed by atoms with Gasteiger partial charge in [-0.05, 0) is 62.4 Å². The average molecular weight is 478 g/mol. The number of benzene rings is 1. The second kappa shape index (κ2) is 8.26. The third kappa shape index (κ3) is 3.56. The molecule has 0 spiro atoms. The van der Waals surface area contributed by atoms with Crippen LogP contribution in [0.15, 0.2) is 66.4 Å². The fourth-order valence-electron chi connectivity index (χ4n) is 5.43. The zero-order chi connectivity index (χ0) is 24.2. The van der Waals surface area contributed by atoms with E-state index in [0.717, 1.165) is 41.3 Å². The van der Waals surface area contributed by atoms with Crippen molar-refractivity contribution in [1.29, 1.82) is 0 Å². The minimum Gasteiger partial charge on any atom is -0.327 e. The molecule has 36 heavy (non-hydrogen) atoms. The molecule has 8 nitrogen and oxygen atoms in total. The van der Waals surface area contributed by atoms with Gasteiger partial charge < -0.3 is 9.13 Å². The third-order valence-corrected chi connectivity index (χ3v) is 7.55. The zero-order valence-corrected chi connectivity index (χ0v) is 20.2. The van der Waals surface area contributed by atoms with Crippen LogP contribution in [0.2, 0.25) is 0 Å². The molecule has 0 radical (unpaired) electrons. The van der Waals surface area contributed by atoms with Crippen LogP contribution in [0.5, 0.6) is 0 Å². The van der Waals surface area contributed by atoms with Gasteiger partial charge in [-0.25, -0.2) is 19.9 Å². The smallest absolute Gasteiger partial charge is 0.267 e. The number of imidazole rings is 2. The van der Waals surface area contributed by atoms with E-state index >= 15 is 0 Å². The van der Waals surface area contributed by atoms with Gasteiger partial charge in [-0.1, -0.05) is 18.9 Å². The highest BCUT2D eigenvalue weighted by atomic mass is 16.1. The van der Waals surface area contributed by atoms with E-state index in [9.17, 15) is 4.79 Å². The first-order chi connectivity index (χ1) is 17.7. The van der Waals surface area contributed by atoms with Crippen molar-refractivity contribution in [3.8, 4) is 23.0 Å². The third-order valence-electron chi connectivity index (χ3n) is 7.55. The maximum absolute atomic E-state index is 13.7. The van der Waals surface area contributed by atoms with Gasteiger partial charge in [0.05, 0.1) is 28.6 Å². The SMILES string of the molecule is Cc1cc2ncn(-c3cccc(-c4nccn4C4CCCC4)n3)c(=O)c2cc1-n1cnc(C2CC2)c1. The fraction of sp³-hybridized carbons (Fsp3) is 0.321. The summed E-state index contributed by atoms with van der Waals surface area (Å²) >= 11 is 0. The largest absolute Gasteiger partial charge is 0.327 e. The summed E-state index contributed by atoms with van der Waals surface area (Å²) in [6.07, 6.45) is 16.6. The number of hydrogen-bond donors (Lipinski definition) is 0. The van der Waals surface area contributed by atoms with Crippen molar-refractivity contribution in [3.05, 3.63) is 83.2 Å². The van der Waals surface area contributed by atoms with Gasteiger partial charge in [0.25, 0.3) is 5.56 Å². The van der Waals surface area contributed by atoms with Crippen LogP contribution >= 0.6 is 0 Å². The lowest BCUT2D eigenvalue weighted by atomic mass is 10.1. The molecule has 4 heterocycles. The lowest BCUT2D eigenvalue weighted by Gasteiger charge is -2.15. The molecule has 0 N–H and O–H groups in total. The molecule has 0 atom stereocenters. The first-order valence-corrected chi connectivity index (χ1v) is 12.7. The lowest BCUT2D eigenvalue weighted by molar-refractivity contribution is 0.523. The van der Waals surface area contributed by atoms with Crippen molar-refractivity contribution >= 4 is 10.9 Å². The predicted octanol–water partition coefficient (Wildman–Crippen LogP) is 5.13. The molecule has 5 aromatic rings. The van der Waals surface area contributed by atoms with Crippen LogP contribution < -0.4 is 5.56 Å². The lowest BCUT2D eigenvalue weighted by Crippen LogP contribution is -2.20. The number of nitrogens with zero attached hydrogens (tertiary/aromatic N) is 7. The van der Waals surface area contributed by atoms with Gasteiger partial charge in [0, 0.05) is 30.6 Å². The van der Waals surface area contributed by atoms with E-state index in [2.05, 4.69) is 25.7 Å². The summed E-state index contributed by atoms with van der Waals surface area (Å²) in [5.74, 6) is 1.96. The van der Waals surface area contributed by atoms with Gasteiger partial charge in [-0.15, -0.1) is 0 Å². The van der Waals surface area contributed by atoms with Crippen molar-refractivity contribution in [2.75, 3.05) is 0 Å². The molecule has 4 aromatic heterocycles. The number of aryl methyl sites for hydroxylation is 1. The standard InChI is InChI=1S/C28H27N7O/c1-18-13-23-21(14-25(18)33-15-24(30-16-33)19-9-10-19)28(36)35(17-31-23)26-8-4-7-22(32-26)27-29-11-12-34(27)20-5-2-3-6-20/h4,7-8,11-17,19-20H,2-3,5-6,9-10H2,1H3. The summed E-state index contributed by atoms with van der Waals surface area (Å²) in [6, 6.07) is 10.1. The Bertz CT molecular complexity index is 1650. The van der Waals surface area contributed by atoms with Crippen LogP contribution in [0.25, 0.3) is 33.9 Å². The molecule has 2 fully saturated rings. The summed E-state index contributed by atoms with van der Waals surface area (Å²) in [7, 11) is 0. The minimum absolute atomic E-state index is 0.146. The van der Waals surface area contributed by atoms with Crippen LogP contribution in [0.4, 0.5) is 0 Å². The van der Waals surface area contributed by atoms with E-state index in [0.29, 0.717) is 28.7 Å². The first kappa shape index (κ1) is 21.2. The number of fused-ring (bicyclic) bond motifs is 1. The predicted molar refractivity (Wildman–Crippen MR) is 138 cm³/mol. The Kier molecular flexibility index (Phi) is 4.87. The van der Waals surface area contributed by atoms with Gasteiger partial charge >= 0.3 is 0 Å². The Hall–Kier alpha value is -4.07. The molecule has 2 aliphatic carbocycles. The summed E-state index contributed by atoms with van der Waals surface area (Å²) in [5.41, 5.74) is 4.40. The van der Waals surface area contributed by atoms with E-state index < -0.39 is 0 Å². The van der Waals surface area contributed by atoms with Gasteiger partial charge in [0.1, 0.15) is 17.8 Å². The molecule has 0 aliphatic heterocycles. The monoisotopic (exact) mass is 477 g/mol. The number of rotatable bonds is 5. The van der Waals surface area contributed by atoms with E-state index in [1.807, 2.05) is 60.5 Å². The van der Waals surface area contributed by atoms with Crippen molar-refractivity contribution in [3.63, 3.8) is 0 Å².